The Morgan fingerprint density at radius 3 is 2.53 bits per heavy atom. The van der Waals surface area contributed by atoms with Crippen molar-refractivity contribution in [1.82, 2.24) is 5.32 Å². The van der Waals surface area contributed by atoms with E-state index in [0.717, 1.165) is 15.8 Å². The van der Waals surface area contributed by atoms with Gasteiger partial charge in [0.05, 0.1) is 16.0 Å². The van der Waals surface area contributed by atoms with Crippen LogP contribution in [-0.2, 0) is 4.79 Å². The summed E-state index contributed by atoms with van der Waals surface area (Å²) < 4.78 is 18.7. The first-order chi connectivity index (χ1) is 14.4. The normalized spacial score (nSPS) is 14.7. The van der Waals surface area contributed by atoms with E-state index in [1.54, 1.807) is 6.08 Å². The minimum Gasteiger partial charge on any atom is -0.490 e. The largest absolute Gasteiger partial charge is 0.490 e. The second-order valence-electron chi connectivity index (χ2n) is 6.56. The van der Waals surface area contributed by atoms with Gasteiger partial charge in [-0.25, -0.2) is 0 Å². The summed E-state index contributed by atoms with van der Waals surface area (Å²) >= 11 is 9.83. The van der Waals surface area contributed by atoms with Crippen LogP contribution in [0.15, 0.2) is 39.7 Å². The van der Waals surface area contributed by atoms with Gasteiger partial charge in [0.1, 0.15) is 23.3 Å². The maximum absolute atomic E-state index is 11.9. The number of carbonyl (C=O) groups is 1. The molecule has 3 rings (SSSR count). The molecule has 0 atom stereocenters. The Morgan fingerprint density at radius 1 is 1.10 bits per heavy atom. The molecule has 0 spiro atoms. The summed E-state index contributed by atoms with van der Waals surface area (Å²) in [5.74, 6) is 1.82. The highest BCUT2D eigenvalue weighted by molar-refractivity contribution is 9.10. The fourth-order valence-corrected chi connectivity index (χ4v) is 4.37. The van der Waals surface area contributed by atoms with Crippen molar-refractivity contribution in [2.45, 2.75) is 20.8 Å². The molecule has 1 fully saturated rings. The van der Waals surface area contributed by atoms with Gasteiger partial charge in [0.2, 0.25) is 0 Å². The molecule has 1 aliphatic rings. The molecule has 0 aliphatic carbocycles. The molecule has 158 valence electrons. The monoisotopic (exact) mass is 507 g/mol. The quantitative estimate of drug-likeness (QED) is 0.292. The number of nitrogens with one attached hydrogen (secondary N) is 1. The number of rotatable bonds is 8. The summed E-state index contributed by atoms with van der Waals surface area (Å²) in [5, 5.41) is 2.61. The maximum atomic E-state index is 11.9. The Balaban J connectivity index is 1.69. The highest BCUT2D eigenvalue weighted by atomic mass is 79.9. The van der Waals surface area contributed by atoms with Crippen LogP contribution in [0.5, 0.6) is 17.2 Å². The van der Waals surface area contributed by atoms with Gasteiger partial charge in [-0.05, 0) is 83.7 Å². The molecule has 30 heavy (non-hydrogen) atoms. The number of aryl methyl sites for hydroxylation is 2. The lowest BCUT2D eigenvalue weighted by Gasteiger charge is -2.15. The van der Waals surface area contributed by atoms with Crippen molar-refractivity contribution < 1.29 is 19.0 Å². The molecule has 2 aromatic carbocycles. The van der Waals surface area contributed by atoms with Crippen molar-refractivity contribution in [3.63, 3.8) is 0 Å². The molecular formula is C22H22BrNO4S2. The number of hydrogen-bond acceptors (Lipinski definition) is 6. The van der Waals surface area contributed by atoms with E-state index in [1.165, 1.54) is 22.9 Å². The van der Waals surface area contributed by atoms with Crippen LogP contribution in [0, 0.1) is 13.8 Å². The van der Waals surface area contributed by atoms with Crippen LogP contribution in [0.25, 0.3) is 6.08 Å². The standard InChI is InChI=1S/C22H22BrNO4S2/c1-4-26-18-11-15(12-19-21(25)24-22(29)30-19)10-17(23)20(18)28-8-7-27-16-6-5-13(2)14(3)9-16/h5-6,9-12H,4,7-8H2,1-3H3,(H,24,25,29). The molecule has 0 aromatic heterocycles. The van der Waals surface area contributed by atoms with Gasteiger partial charge < -0.3 is 19.5 Å². The molecule has 1 N–H and O–H groups in total. The Labute approximate surface area is 194 Å². The third kappa shape index (κ3) is 5.77. The second-order valence-corrected chi connectivity index (χ2v) is 9.13. The van der Waals surface area contributed by atoms with Crippen LogP contribution in [-0.4, -0.2) is 30.0 Å². The summed E-state index contributed by atoms with van der Waals surface area (Å²) in [7, 11) is 0. The lowest BCUT2D eigenvalue weighted by atomic mass is 10.1. The van der Waals surface area contributed by atoms with Gasteiger partial charge in [-0.2, -0.15) is 0 Å². The summed E-state index contributed by atoms with van der Waals surface area (Å²) in [4.78, 5) is 12.5. The third-order valence-electron chi connectivity index (χ3n) is 4.35. The second kappa shape index (κ2) is 10.3. The number of ether oxygens (including phenoxy) is 3. The smallest absolute Gasteiger partial charge is 0.263 e. The predicted molar refractivity (Wildman–Crippen MR) is 129 cm³/mol. The van der Waals surface area contributed by atoms with E-state index < -0.39 is 0 Å². The summed E-state index contributed by atoms with van der Waals surface area (Å²) in [6.07, 6.45) is 1.78. The van der Waals surface area contributed by atoms with E-state index in [9.17, 15) is 4.79 Å². The van der Waals surface area contributed by atoms with Gasteiger partial charge >= 0.3 is 0 Å². The minimum atomic E-state index is -0.192. The van der Waals surface area contributed by atoms with Crippen LogP contribution < -0.4 is 19.5 Å². The fraction of sp³-hybridized carbons (Fsp3) is 0.273. The first kappa shape index (κ1) is 22.7. The average molecular weight is 508 g/mol. The number of carbonyl (C=O) groups excluding carboxylic acids is 1. The van der Waals surface area contributed by atoms with Gasteiger partial charge in [-0.15, -0.1) is 0 Å². The Morgan fingerprint density at radius 2 is 1.87 bits per heavy atom. The predicted octanol–water partition coefficient (Wildman–Crippen LogP) is 5.41. The molecule has 0 radical (unpaired) electrons. The molecule has 2 aromatic rings. The van der Waals surface area contributed by atoms with E-state index in [-0.39, 0.29) is 5.91 Å². The number of benzene rings is 2. The molecule has 0 bridgehead atoms. The number of halogens is 1. The zero-order valence-corrected chi connectivity index (χ0v) is 20.1. The maximum Gasteiger partial charge on any atom is 0.263 e. The van der Waals surface area contributed by atoms with Crippen molar-refractivity contribution in [2.24, 2.45) is 0 Å². The summed E-state index contributed by atoms with van der Waals surface area (Å²) in [5.41, 5.74) is 3.23. The third-order valence-corrected chi connectivity index (χ3v) is 6.10. The Bertz CT molecular complexity index is 1010. The van der Waals surface area contributed by atoms with Crippen LogP contribution >= 0.6 is 39.9 Å². The van der Waals surface area contributed by atoms with Crippen molar-refractivity contribution in [3.8, 4) is 17.2 Å². The van der Waals surface area contributed by atoms with Crippen LogP contribution in [0.3, 0.4) is 0 Å². The Kier molecular flexibility index (Phi) is 7.80. The molecule has 0 saturated carbocycles. The average Bonchev–Trinajstić information content (AvgIpc) is 3.00. The summed E-state index contributed by atoms with van der Waals surface area (Å²) in [6, 6.07) is 9.73. The van der Waals surface area contributed by atoms with E-state index in [4.69, 9.17) is 26.4 Å². The van der Waals surface area contributed by atoms with Crippen molar-refractivity contribution in [3.05, 3.63) is 56.4 Å². The number of hydrogen-bond donors (Lipinski definition) is 1. The molecular weight excluding hydrogens is 486 g/mol. The van der Waals surface area contributed by atoms with Gasteiger partial charge in [0.15, 0.2) is 11.5 Å². The topological polar surface area (TPSA) is 56.8 Å². The van der Waals surface area contributed by atoms with Crippen LogP contribution in [0.1, 0.15) is 23.6 Å². The lowest BCUT2D eigenvalue weighted by Crippen LogP contribution is -2.17. The van der Waals surface area contributed by atoms with Crippen LogP contribution in [0.4, 0.5) is 0 Å². The molecule has 8 heteroatoms. The molecule has 1 amide bonds. The fourth-order valence-electron chi connectivity index (χ4n) is 2.75. The molecule has 5 nitrogen and oxygen atoms in total. The van der Waals surface area contributed by atoms with Gasteiger partial charge in [0, 0.05) is 0 Å². The van der Waals surface area contributed by atoms with Crippen molar-refractivity contribution in [2.75, 3.05) is 19.8 Å². The van der Waals surface area contributed by atoms with Crippen molar-refractivity contribution >= 4 is 56.2 Å². The van der Waals surface area contributed by atoms with Gasteiger partial charge in [-0.3, -0.25) is 4.79 Å². The zero-order valence-electron chi connectivity index (χ0n) is 16.9. The first-order valence-corrected chi connectivity index (χ1v) is 11.4. The zero-order chi connectivity index (χ0) is 21.7. The minimum absolute atomic E-state index is 0.192. The number of thioether (sulfide) groups is 1. The molecule has 1 heterocycles. The van der Waals surface area contributed by atoms with Crippen LogP contribution in [0.2, 0.25) is 0 Å². The molecule has 1 aliphatic heterocycles. The first-order valence-electron chi connectivity index (χ1n) is 9.41. The Hall–Kier alpha value is -2.03. The van der Waals surface area contributed by atoms with Gasteiger partial charge in [-0.1, -0.05) is 30.0 Å². The highest BCUT2D eigenvalue weighted by Gasteiger charge is 2.22. The van der Waals surface area contributed by atoms with E-state index in [0.29, 0.717) is 40.5 Å². The number of thiocarbonyl (C=S) groups is 1. The summed E-state index contributed by atoms with van der Waals surface area (Å²) in [6.45, 7) is 7.29. The van der Waals surface area contributed by atoms with E-state index in [1.807, 2.05) is 37.3 Å². The number of amides is 1. The highest BCUT2D eigenvalue weighted by Crippen LogP contribution is 2.38. The van der Waals surface area contributed by atoms with E-state index >= 15 is 0 Å². The SMILES string of the molecule is CCOc1cc(C=C2SC(=S)NC2=O)cc(Br)c1OCCOc1ccc(C)c(C)c1. The van der Waals surface area contributed by atoms with Gasteiger partial charge in [0.25, 0.3) is 5.91 Å². The van der Waals surface area contributed by atoms with Crippen molar-refractivity contribution in [1.29, 1.82) is 0 Å². The molecule has 1 saturated heterocycles. The van der Waals surface area contributed by atoms with E-state index in [2.05, 4.69) is 35.1 Å². The lowest BCUT2D eigenvalue weighted by molar-refractivity contribution is -0.115. The molecule has 0 unspecified atom stereocenters.